The second-order valence-electron chi connectivity index (χ2n) is 13.0. The van der Waals surface area contributed by atoms with Crippen LogP contribution < -0.4 is 20.1 Å². The zero-order valence-electron chi connectivity index (χ0n) is 26.3. The Morgan fingerprint density at radius 3 is 2.66 bits per heavy atom. The van der Waals surface area contributed by atoms with E-state index in [9.17, 15) is 9.90 Å². The summed E-state index contributed by atoms with van der Waals surface area (Å²) >= 11 is 0. The van der Waals surface area contributed by atoms with Gasteiger partial charge >= 0.3 is 5.97 Å². The SMILES string of the molecule is CCC(CC1CC(NC[C@H]2C[C@@H](n3ccc4c(NCc5ccc(OC)cc5OC)ncnc43)[C@@H]3OC(C)(C)O[C@H]23)C1)C(=O)O. The maximum Gasteiger partial charge on any atom is 0.306 e. The molecule has 0 spiro atoms. The van der Waals surface area contributed by atoms with E-state index in [-0.39, 0.29) is 30.1 Å². The Balaban J connectivity index is 1.13. The Hall–Kier alpha value is -3.41. The molecular weight excluding hydrogens is 562 g/mol. The fourth-order valence-electron chi connectivity index (χ4n) is 7.34. The monoisotopic (exact) mass is 607 g/mol. The quantitative estimate of drug-likeness (QED) is 0.244. The topological polar surface area (TPSA) is 129 Å². The van der Waals surface area contributed by atoms with Gasteiger partial charge in [-0.25, -0.2) is 9.97 Å². The van der Waals surface area contributed by atoms with E-state index in [2.05, 4.69) is 32.4 Å². The first-order valence-electron chi connectivity index (χ1n) is 15.8. The van der Waals surface area contributed by atoms with Crippen molar-refractivity contribution < 1.29 is 28.8 Å². The molecule has 238 valence electrons. The lowest BCUT2D eigenvalue weighted by Gasteiger charge is -2.38. The number of fused-ring (bicyclic) bond motifs is 2. The predicted octanol–water partition coefficient (Wildman–Crippen LogP) is 5.01. The number of aliphatic carboxylic acids is 1. The molecular formula is C33H45N5O6. The number of anilines is 1. The van der Waals surface area contributed by atoms with Crippen molar-refractivity contribution in [2.24, 2.45) is 17.8 Å². The molecule has 11 heteroatoms. The molecule has 3 N–H and O–H groups in total. The van der Waals surface area contributed by atoms with Crippen LogP contribution in [0.15, 0.2) is 36.8 Å². The number of nitrogens with zero attached hydrogens (tertiary/aromatic N) is 3. The van der Waals surface area contributed by atoms with Crippen molar-refractivity contribution in [3.63, 3.8) is 0 Å². The lowest BCUT2D eigenvalue weighted by molar-refractivity contribution is -0.160. The molecule has 1 aromatic carbocycles. The van der Waals surface area contributed by atoms with Crippen LogP contribution >= 0.6 is 0 Å². The van der Waals surface area contributed by atoms with E-state index in [1.165, 1.54) is 0 Å². The molecule has 1 saturated heterocycles. The van der Waals surface area contributed by atoms with Gasteiger partial charge in [0.05, 0.1) is 37.7 Å². The summed E-state index contributed by atoms with van der Waals surface area (Å²) in [7, 11) is 3.29. The highest BCUT2D eigenvalue weighted by molar-refractivity contribution is 5.87. The number of carbonyl (C=O) groups is 1. The average Bonchev–Trinajstić information content (AvgIpc) is 3.65. The van der Waals surface area contributed by atoms with Crippen LogP contribution in [0, 0.1) is 17.8 Å². The van der Waals surface area contributed by atoms with E-state index in [0.29, 0.717) is 24.9 Å². The van der Waals surface area contributed by atoms with Crippen LogP contribution in [0.3, 0.4) is 0 Å². The van der Waals surface area contributed by atoms with Crippen molar-refractivity contribution in [1.29, 1.82) is 0 Å². The summed E-state index contributed by atoms with van der Waals surface area (Å²) < 4.78 is 26.1. The van der Waals surface area contributed by atoms with Gasteiger partial charge in [0.2, 0.25) is 0 Å². The van der Waals surface area contributed by atoms with E-state index in [1.54, 1.807) is 20.5 Å². The molecule has 44 heavy (non-hydrogen) atoms. The van der Waals surface area contributed by atoms with Crippen LogP contribution in [0.4, 0.5) is 5.82 Å². The molecule has 2 aliphatic carbocycles. The molecule has 3 aliphatic rings. The van der Waals surface area contributed by atoms with Gasteiger partial charge in [-0.05, 0) is 70.1 Å². The molecule has 2 aromatic heterocycles. The number of rotatable bonds is 13. The minimum absolute atomic E-state index is 0.0192. The molecule has 3 fully saturated rings. The number of ether oxygens (including phenoxy) is 4. The van der Waals surface area contributed by atoms with Gasteiger partial charge in [-0.1, -0.05) is 6.92 Å². The summed E-state index contributed by atoms with van der Waals surface area (Å²) in [5.41, 5.74) is 1.86. The largest absolute Gasteiger partial charge is 0.497 e. The molecule has 0 amide bonds. The summed E-state index contributed by atoms with van der Waals surface area (Å²) in [6.07, 6.45) is 8.04. The lowest BCUT2D eigenvalue weighted by atomic mass is 9.74. The van der Waals surface area contributed by atoms with E-state index in [4.69, 9.17) is 23.9 Å². The van der Waals surface area contributed by atoms with Crippen LogP contribution in [0.5, 0.6) is 11.5 Å². The first-order valence-corrected chi connectivity index (χ1v) is 15.8. The van der Waals surface area contributed by atoms with Crippen LogP contribution in [0.1, 0.15) is 64.5 Å². The van der Waals surface area contributed by atoms with Gasteiger partial charge in [-0.15, -0.1) is 0 Å². The molecule has 11 nitrogen and oxygen atoms in total. The van der Waals surface area contributed by atoms with Crippen molar-refractivity contribution in [1.82, 2.24) is 19.9 Å². The molecule has 2 saturated carbocycles. The Kier molecular flexibility index (Phi) is 8.72. The van der Waals surface area contributed by atoms with Gasteiger partial charge in [0, 0.05) is 42.9 Å². The Labute approximate surface area is 258 Å². The molecule has 3 aromatic rings. The summed E-state index contributed by atoms with van der Waals surface area (Å²) in [6.45, 7) is 7.32. The van der Waals surface area contributed by atoms with Crippen molar-refractivity contribution in [3.05, 3.63) is 42.4 Å². The van der Waals surface area contributed by atoms with Crippen LogP contribution in [-0.2, 0) is 20.8 Å². The van der Waals surface area contributed by atoms with Crippen LogP contribution in [0.25, 0.3) is 11.0 Å². The van der Waals surface area contributed by atoms with E-state index in [0.717, 1.165) is 66.1 Å². The van der Waals surface area contributed by atoms with Crippen LogP contribution in [0.2, 0.25) is 0 Å². The molecule has 5 atom stereocenters. The van der Waals surface area contributed by atoms with Crippen molar-refractivity contribution >= 4 is 22.8 Å². The highest BCUT2D eigenvalue weighted by Gasteiger charge is 2.54. The minimum atomic E-state index is -0.670. The molecule has 3 heterocycles. The van der Waals surface area contributed by atoms with Crippen molar-refractivity contribution in [2.45, 2.75) is 89.5 Å². The summed E-state index contributed by atoms with van der Waals surface area (Å²) in [6, 6.07) is 8.35. The lowest BCUT2D eigenvalue weighted by Crippen LogP contribution is -2.45. The van der Waals surface area contributed by atoms with Crippen molar-refractivity contribution in [3.8, 4) is 11.5 Å². The smallest absolute Gasteiger partial charge is 0.306 e. The number of benzene rings is 1. The zero-order valence-corrected chi connectivity index (χ0v) is 26.3. The normalized spacial score (nSPS) is 27.9. The number of hydrogen-bond donors (Lipinski definition) is 3. The molecule has 1 unspecified atom stereocenters. The number of aromatic nitrogens is 3. The number of hydrogen-bond acceptors (Lipinski definition) is 9. The second kappa shape index (κ2) is 12.5. The Morgan fingerprint density at radius 2 is 1.93 bits per heavy atom. The fourth-order valence-corrected chi connectivity index (χ4v) is 7.34. The standard InChI is InChI=1S/C33H45N5O6/c1-6-20(32(39)40)11-19-12-23(13-19)34-17-22-14-26(29-28(22)43-33(2,3)44-29)38-10-9-25-30(36-18-37-31(25)38)35-16-21-7-8-24(41-4)15-27(21)42-5/h7-10,15,18-20,22-23,26,28-29,34H,6,11-14,16-17H2,1-5H3,(H,39,40)(H,35,36,37)/t19?,20?,22-,23?,26-,28-,29+/m1/s1. The van der Waals surface area contributed by atoms with E-state index < -0.39 is 11.8 Å². The number of carboxylic acid groups (broad SMARTS) is 1. The summed E-state index contributed by atoms with van der Waals surface area (Å²) in [5, 5.41) is 17.6. The molecule has 1 aliphatic heterocycles. The highest BCUT2D eigenvalue weighted by Crippen LogP contribution is 2.48. The minimum Gasteiger partial charge on any atom is -0.497 e. The first kappa shape index (κ1) is 30.6. The third-order valence-corrected chi connectivity index (χ3v) is 9.72. The third kappa shape index (κ3) is 6.09. The average molecular weight is 608 g/mol. The van der Waals surface area contributed by atoms with Gasteiger partial charge in [0.1, 0.15) is 35.4 Å². The molecule has 0 radical (unpaired) electrons. The number of nitrogens with one attached hydrogen (secondary N) is 2. The molecule has 0 bridgehead atoms. The maximum absolute atomic E-state index is 11.4. The molecule has 6 rings (SSSR count). The highest BCUT2D eigenvalue weighted by atomic mass is 16.8. The summed E-state index contributed by atoms with van der Waals surface area (Å²) in [4.78, 5) is 20.7. The van der Waals surface area contributed by atoms with Gasteiger partial charge < -0.3 is 39.3 Å². The van der Waals surface area contributed by atoms with Gasteiger partial charge in [0.15, 0.2) is 5.79 Å². The Morgan fingerprint density at radius 1 is 1.14 bits per heavy atom. The predicted molar refractivity (Wildman–Crippen MR) is 166 cm³/mol. The number of methoxy groups -OCH3 is 2. The van der Waals surface area contributed by atoms with Crippen molar-refractivity contribution in [2.75, 3.05) is 26.1 Å². The first-order chi connectivity index (χ1) is 21.2. The zero-order chi connectivity index (χ0) is 31.0. The van der Waals surface area contributed by atoms with E-state index >= 15 is 0 Å². The van der Waals surface area contributed by atoms with Gasteiger partial charge in [-0.2, -0.15) is 0 Å². The van der Waals surface area contributed by atoms with E-state index in [1.807, 2.05) is 39.0 Å². The maximum atomic E-state index is 11.4. The third-order valence-electron chi connectivity index (χ3n) is 9.72. The Bertz CT molecular complexity index is 1470. The fraction of sp³-hybridized carbons (Fsp3) is 0.606. The summed E-state index contributed by atoms with van der Waals surface area (Å²) in [5.74, 6) is 1.48. The second-order valence-corrected chi connectivity index (χ2v) is 13.0. The van der Waals surface area contributed by atoms with Gasteiger partial charge in [0.25, 0.3) is 0 Å². The number of carboxylic acids is 1. The van der Waals surface area contributed by atoms with Crippen LogP contribution in [-0.4, -0.2) is 70.4 Å². The van der Waals surface area contributed by atoms with Gasteiger partial charge in [-0.3, -0.25) is 4.79 Å².